The Morgan fingerprint density at radius 3 is 2.17 bits per heavy atom. The van der Waals surface area contributed by atoms with Crippen molar-refractivity contribution < 1.29 is 23.7 Å². The zero-order valence-corrected chi connectivity index (χ0v) is 13.3. The van der Waals surface area contributed by atoms with Gasteiger partial charge in [0.05, 0.1) is 25.3 Å². The molecule has 0 amide bonds. The lowest BCUT2D eigenvalue weighted by Gasteiger charge is -2.01. The van der Waals surface area contributed by atoms with E-state index in [1.165, 1.54) is 18.9 Å². The number of rotatable bonds is 4. The number of nitrogens with zero attached hydrogens (tertiary/aromatic N) is 1. The molecular formula is C18H16N2O4. The monoisotopic (exact) mass is 324 g/mol. The van der Waals surface area contributed by atoms with Crippen molar-refractivity contribution in [3.05, 3.63) is 76.6 Å². The lowest BCUT2D eigenvalue weighted by atomic mass is 10.0. The molecule has 0 saturated carbocycles. The van der Waals surface area contributed by atoms with Gasteiger partial charge in [0, 0.05) is 11.1 Å². The van der Waals surface area contributed by atoms with Crippen LogP contribution >= 0.6 is 0 Å². The topological polar surface area (TPSA) is 79.4 Å². The Morgan fingerprint density at radius 2 is 1.54 bits per heavy atom. The number of esters is 2. The Labute approximate surface area is 139 Å². The normalized spacial score (nSPS) is 15.8. The summed E-state index contributed by atoms with van der Waals surface area (Å²) in [7, 11) is 2.66. The van der Waals surface area contributed by atoms with Crippen molar-refractivity contribution in [1.82, 2.24) is 0 Å². The van der Waals surface area contributed by atoms with E-state index in [-0.39, 0.29) is 6.04 Å². The first-order valence-electron chi connectivity index (χ1n) is 7.31. The molecule has 1 aliphatic heterocycles. The van der Waals surface area contributed by atoms with Gasteiger partial charge < -0.3 is 15.3 Å². The largest absolute Gasteiger partial charge is 0.465 e. The molecule has 6 heteroatoms. The second-order valence-corrected chi connectivity index (χ2v) is 5.35. The van der Waals surface area contributed by atoms with Crippen LogP contribution in [0.1, 0.15) is 37.9 Å². The molecule has 0 unspecified atom stereocenters. The van der Waals surface area contributed by atoms with Crippen LogP contribution in [-0.2, 0) is 9.47 Å². The standard InChI is InChI=1S/C18H16N2O4/c1-23-17(21)13-7-3-5-11(9-13)15-16(20(15)19)12-6-4-8-14(10-12)18(22)24-2/h3-10,15,19H,1-2H3/t15-/m1/s1. The maximum Gasteiger partial charge on any atom is 0.337 e. The quantitative estimate of drug-likeness (QED) is 0.640. The van der Waals surface area contributed by atoms with Crippen molar-refractivity contribution in [1.29, 1.82) is 0 Å². The third kappa shape index (κ3) is 2.74. The summed E-state index contributed by atoms with van der Waals surface area (Å²) < 4.78 is 10.8. The van der Waals surface area contributed by atoms with Crippen molar-refractivity contribution in [2.24, 2.45) is 0 Å². The highest BCUT2D eigenvalue weighted by molar-refractivity contribution is 6.08. The molecule has 0 spiro atoms. The fraction of sp³-hybridized carbons (Fsp3) is 0.167. The SMILES string of the molecule is COC(=O)c1cccc(C2=[N+]([NH-])[C@@H]2c2cccc(C(=O)OC)c2)c1. The predicted molar refractivity (Wildman–Crippen MR) is 87.0 cm³/mol. The summed E-state index contributed by atoms with van der Waals surface area (Å²) >= 11 is 0. The van der Waals surface area contributed by atoms with Gasteiger partial charge in [-0.05, 0) is 30.3 Å². The van der Waals surface area contributed by atoms with Crippen LogP contribution in [0.2, 0.25) is 0 Å². The fourth-order valence-electron chi connectivity index (χ4n) is 2.68. The van der Waals surface area contributed by atoms with Crippen LogP contribution in [-0.4, -0.2) is 36.6 Å². The van der Waals surface area contributed by atoms with Crippen molar-refractivity contribution in [3.63, 3.8) is 0 Å². The number of hydrogen-bond donors (Lipinski definition) is 0. The lowest BCUT2D eigenvalue weighted by molar-refractivity contribution is -0.400. The Kier molecular flexibility index (Phi) is 4.04. The lowest BCUT2D eigenvalue weighted by Crippen LogP contribution is -2.04. The molecule has 1 heterocycles. The minimum absolute atomic E-state index is 0.248. The van der Waals surface area contributed by atoms with Gasteiger partial charge in [0.2, 0.25) is 0 Å². The molecule has 0 radical (unpaired) electrons. The molecule has 24 heavy (non-hydrogen) atoms. The molecule has 1 aliphatic rings. The van der Waals surface area contributed by atoms with Gasteiger partial charge >= 0.3 is 11.9 Å². The van der Waals surface area contributed by atoms with Crippen molar-refractivity contribution >= 4 is 17.7 Å². The smallest absolute Gasteiger partial charge is 0.337 e. The van der Waals surface area contributed by atoms with E-state index in [1.54, 1.807) is 36.4 Å². The molecule has 122 valence electrons. The number of carbonyl (C=O) groups excluding carboxylic acids is 2. The minimum atomic E-state index is -0.418. The molecule has 0 fully saturated rings. The summed E-state index contributed by atoms with van der Waals surface area (Å²) in [4.78, 5) is 23.3. The van der Waals surface area contributed by atoms with Gasteiger partial charge in [0.15, 0.2) is 0 Å². The summed E-state index contributed by atoms with van der Waals surface area (Å²) in [5, 5.41) is 0. The van der Waals surface area contributed by atoms with Gasteiger partial charge in [-0.3, -0.25) is 4.68 Å². The molecule has 3 rings (SSSR count). The molecule has 0 saturated heterocycles. The van der Waals surface area contributed by atoms with E-state index < -0.39 is 11.9 Å². The van der Waals surface area contributed by atoms with Crippen molar-refractivity contribution in [3.8, 4) is 0 Å². The summed E-state index contributed by atoms with van der Waals surface area (Å²) in [5.74, 6) is 7.26. The Morgan fingerprint density at radius 1 is 0.958 bits per heavy atom. The van der Waals surface area contributed by atoms with Crippen molar-refractivity contribution in [2.45, 2.75) is 6.04 Å². The van der Waals surface area contributed by atoms with E-state index in [1.807, 2.05) is 12.1 Å². The van der Waals surface area contributed by atoms with E-state index in [9.17, 15) is 9.59 Å². The molecular weight excluding hydrogens is 308 g/mol. The molecule has 1 N–H and O–H groups in total. The van der Waals surface area contributed by atoms with Gasteiger partial charge in [-0.1, -0.05) is 18.2 Å². The Hall–Kier alpha value is -3.15. The maximum atomic E-state index is 11.7. The molecule has 1 atom stereocenters. The fourth-order valence-corrected chi connectivity index (χ4v) is 2.68. The molecule has 2 aromatic rings. The number of hydrogen-bond acceptors (Lipinski definition) is 4. The number of nitrogens with one attached hydrogen (secondary N) is 1. The van der Waals surface area contributed by atoms with Crippen LogP contribution in [0.4, 0.5) is 0 Å². The van der Waals surface area contributed by atoms with E-state index in [4.69, 9.17) is 15.3 Å². The van der Waals surface area contributed by atoms with Crippen LogP contribution in [0, 0.1) is 0 Å². The number of ether oxygens (including phenoxy) is 2. The van der Waals surface area contributed by atoms with E-state index in [0.29, 0.717) is 11.1 Å². The van der Waals surface area contributed by atoms with E-state index in [0.717, 1.165) is 16.8 Å². The Bertz CT molecular complexity index is 858. The molecule has 0 aromatic heterocycles. The number of methoxy groups -OCH3 is 2. The minimum Gasteiger partial charge on any atom is -0.465 e. The Balaban J connectivity index is 1.88. The molecule has 2 aromatic carbocycles. The van der Waals surface area contributed by atoms with Gasteiger partial charge in [-0.25, -0.2) is 9.59 Å². The highest BCUT2D eigenvalue weighted by Gasteiger charge is 2.45. The van der Waals surface area contributed by atoms with Gasteiger partial charge in [-0.2, -0.15) is 0 Å². The first-order valence-corrected chi connectivity index (χ1v) is 7.31. The zero-order valence-electron chi connectivity index (χ0n) is 13.3. The van der Waals surface area contributed by atoms with E-state index in [2.05, 4.69) is 0 Å². The first kappa shape index (κ1) is 15.7. The first-order chi connectivity index (χ1) is 11.6. The zero-order chi connectivity index (χ0) is 17.3. The molecule has 0 aliphatic carbocycles. The van der Waals surface area contributed by atoms with Gasteiger partial charge in [0.1, 0.15) is 0 Å². The average molecular weight is 324 g/mol. The highest BCUT2D eigenvalue weighted by atomic mass is 16.5. The van der Waals surface area contributed by atoms with E-state index >= 15 is 0 Å². The van der Waals surface area contributed by atoms with Crippen LogP contribution in [0.25, 0.3) is 5.84 Å². The van der Waals surface area contributed by atoms with Gasteiger partial charge in [-0.15, -0.1) is 0 Å². The summed E-state index contributed by atoms with van der Waals surface area (Å²) in [5.41, 5.74) is 3.25. The highest BCUT2D eigenvalue weighted by Crippen LogP contribution is 2.35. The second kappa shape index (κ2) is 6.16. The van der Waals surface area contributed by atoms with Gasteiger partial charge in [0.25, 0.3) is 11.8 Å². The number of carbonyl (C=O) groups is 2. The third-order valence-electron chi connectivity index (χ3n) is 3.91. The van der Waals surface area contributed by atoms with Crippen LogP contribution in [0.15, 0.2) is 48.5 Å². The van der Waals surface area contributed by atoms with Crippen LogP contribution < -0.4 is 0 Å². The molecule has 0 bridgehead atoms. The number of benzene rings is 2. The predicted octanol–water partition coefficient (Wildman–Crippen LogP) is 2.78. The summed E-state index contributed by atoms with van der Waals surface area (Å²) in [6.45, 7) is 0. The maximum absolute atomic E-state index is 11.7. The van der Waals surface area contributed by atoms with Crippen LogP contribution in [0.3, 0.4) is 0 Å². The second-order valence-electron chi connectivity index (χ2n) is 5.35. The van der Waals surface area contributed by atoms with Crippen LogP contribution in [0.5, 0.6) is 0 Å². The summed E-state index contributed by atoms with van der Waals surface area (Å²) in [6, 6.07) is 13.7. The average Bonchev–Trinajstić information content (AvgIpc) is 3.31. The third-order valence-corrected chi connectivity index (χ3v) is 3.91. The summed E-state index contributed by atoms with van der Waals surface area (Å²) in [6.07, 6.45) is 0. The molecule has 6 nitrogen and oxygen atoms in total. The van der Waals surface area contributed by atoms with Crippen molar-refractivity contribution in [2.75, 3.05) is 14.2 Å².